The predicted molar refractivity (Wildman–Crippen MR) is 88.4 cm³/mol. The standard InChI is InChI=1S/C16H13BrS2/c17-16-14(8-12-4-6-18-10-12)2-1-3-15(16)9-13-5-7-19-11-13/h1-7,10-11H,8-9H2. The fourth-order valence-electron chi connectivity index (χ4n) is 2.13. The molecule has 96 valence electrons. The van der Waals surface area contributed by atoms with Gasteiger partial charge in [-0.3, -0.25) is 0 Å². The molecule has 0 amide bonds. The Bertz CT molecular complexity index is 585. The summed E-state index contributed by atoms with van der Waals surface area (Å²) in [5.41, 5.74) is 5.51. The lowest BCUT2D eigenvalue weighted by Gasteiger charge is -2.09. The maximum atomic E-state index is 3.78. The van der Waals surface area contributed by atoms with Gasteiger partial charge in [-0.05, 0) is 68.7 Å². The van der Waals surface area contributed by atoms with Crippen molar-refractivity contribution in [3.63, 3.8) is 0 Å². The third-order valence-electron chi connectivity index (χ3n) is 3.11. The van der Waals surface area contributed by atoms with Gasteiger partial charge in [0.05, 0.1) is 0 Å². The molecule has 3 heteroatoms. The summed E-state index contributed by atoms with van der Waals surface area (Å²) in [4.78, 5) is 0. The van der Waals surface area contributed by atoms with Crippen molar-refractivity contribution in [2.75, 3.05) is 0 Å². The maximum absolute atomic E-state index is 3.78. The zero-order chi connectivity index (χ0) is 13.1. The van der Waals surface area contributed by atoms with Crippen molar-refractivity contribution in [1.29, 1.82) is 0 Å². The van der Waals surface area contributed by atoms with Crippen LogP contribution in [0.5, 0.6) is 0 Å². The lowest BCUT2D eigenvalue weighted by Crippen LogP contribution is -1.94. The van der Waals surface area contributed by atoms with E-state index in [0.717, 1.165) is 12.8 Å². The monoisotopic (exact) mass is 348 g/mol. The van der Waals surface area contributed by atoms with Gasteiger partial charge in [0.15, 0.2) is 0 Å². The van der Waals surface area contributed by atoms with E-state index in [0.29, 0.717) is 0 Å². The van der Waals surface area contributed by atoms with Crippen LogP contribution in [0.3, 0.4) is 0 Å². The molecule has 0 unspecified atom stereocenters. The summed E-state index contributed by atoms with van der Waals surface area (Å²) < 4.78 is 1.26. The van der Waals surface area contributed by atoms with Crippen LogP contribution in [0.2, 0.25) is 0 Å². The van der Waals surface area contributed by atoms with Gasteiger partial charge in [-0.25, -0.2) is 0 Å². The Balaban J connectivity index is 1.86. The quantitative estimate of drug-likeness (QED) is 0.562. The number of thiophene rings is 2. The van der Waals surface area contributed by atoms with Crippen LogP contribution in [-0.2, 0) is 12.8 Å². The van der Waals surface area contributed by atoms with E-state index in [4.69, 9.17) is 0 Å². The molecule has 2 aromatic heterocycles. The number of benzene rings is 1. The molecular weight excluding hydrogens is 336 g/mol. The van der Waals surface area contributed by atoms with Crippen LogP contribution >= 0.6 is 38.6 Å². The van der Waals surface area contributed by atoms with E-state index >= 15 is 0 Å². The summed E-state index contributed by atoms with van der Waals surface area (Å²) in [6.07, 6.45) is 2.00. The molecular formula is C16H13BrS2. The van der Waals surface area contributed by atoms with Crippen molar-refractivity contribution in [3.05, 3.63) is 78.6 Å². The number of rotatable bonds is 4. The van der Waals surface area contributed by atoms with Crippen molar-refractivity contribution in [2.45, 2.75) is 12.8 Å². The average Bonchev–Trinajstić information content (AvgIpc) is 3.07. The highest BCUT2D eigenvalue weighted by molar-refractivity contribution is 9.10. The van der Waals surface area contributed by atoms with Crippen molar-refractivity contribution < 1.29 is 0 Å². The second-order valence-electron chi connectivity index (χ2n) is 4.51. The average molecular weight is 349 g/mol. The Morgan fingerprint density at radius 3 is 1.74 bits per heavy atom. The number of hydrogen-bond donors (Lipinski definition) is 0. The highest BCUT2D eigenvalue weighted by Crippen LogP contribution is 2.27. The Kier molecular flexibility index (Phi) is 4.16. The number of halogens is 1. The minimum absolute atomic E-state index is 1.00. The summed E-state index contributed by atoms with van der Waals surface area (Å²) in [6.45, 7) is 0. The van der Waals surface area contributed by atoms with Gasteiger partial charge in [0.1, 0.15) is 0 Å². The molecule has 1 aromatic carbocycles. The Morgan fingerprint density at radius 2 is 1.32 bits per heavy atom. The Hall–Kier alpha value is -0.900. The molecule has 0 saturated carbocycles. The van der Waals surface area contributed by atoms with E-state index < -0.39 is 0 Å². The van der Waals surface area contributed by atoms with Crippen LogP contribution in [0.15, 0.2) is 56.3 Å². The second kappa shape index (κ2) is 6.04. The lowest BCUT2D eigenvalue weighted by molar-refractivity contribution is 1.13. The van der Waals surface area contributed by atoms with Gasteiger partial charge >= 0.3 is 0 Å². The highest BCUT2D eigenvalue weighted by atomic mass is 79.9. The topological polar surface area (TPSA) is 0 Å². The van der Waals surface area contributed by atoms with Gasteiger partial charge in [0, 0.05) is 4.47 Å². The molecule has 0 aliphatic rings. The van der Waals surface area contributed by atoms with E-state index in [-0.39, 0.29) is 0 Å². The van der Waals surface area contributed by atoms with Crippen LogP contribution in [0.4, 0.5) is 0 Å². The molecule has 0 radical (unpaired) electrons. The van der Waals surface area contributed by atoms with E-state index in [2.05, 4.69) is 67.8 Å². The molecule has 0 spiro atoms. The van der Waals surface area contributed by atoms with Gasteiger partial charge < -0.3 is 0 Å². The smallest absolute Gasteiger partial charge is 0.0246 e. The normalized spacial score (nSPS) is 10.8. The zero-order valence-electron chi connectivity index (χ0n) is 10.3. The molecule has 3 rings (SSSR count). The fraction of sp³-hybridized carbons (Fsp3) is 0.125. The minimum Gasteiger partial charge on any atom is -0.152 e. The van der Waals surface area contributed by atoms with Gasteiger partial charge in [-0.2, -0.15) is 22.7 Å². The molecule has 2 heterocycles. The van der Waals surface area contributed by atoms with Crippen LogP contribution in [-0.4, -0.2) is 0 Å². The highest BCUT2D eigenvalue weighted by Gasteiger charge is 2.07. The van der Waals surface area contributed by atoms with Crippen LogP contribution in [0, 0.1) is 0 Å². The Labute approximate surface area is 129 Å². The van der Waals surface area contributed by atoms with Gasteiger partial charge in [0.2, 0.25) is 0 Å². The lowest BCUT2D eigenvalue weighted by atomic mass is 10.0. The molecule has 0 atom stereocenters. The molecule has 0 fully saturated rings. The molecule has 3 aromatic rings. The minimum atomic E-state index is 1.00. The molecule has 0 aliphatic heterocycles. The first-order valence-electron chi connectivity index (χ1n) is 6.11. The van der Waals surface area contributed by atoms with Gasteiger partial charge in [-0.1, -0.05) is 34.1 Å². The summed E-state index contributed by atoms with van der Waals surface area (Å²) in [6, 6.07) is 11.0. The van der Waals surface area contributed by atoms with E-state index in [1.165, 1.54) is 26.7 Å². The van der Waals surface area contributed by atoms with Crippen LogP contribution in [0.25, 0.3) is 0 Å². The van der Waals surface area contributed by atoms with E-state index in [1.807, 2.05) is 0 Å². The SMILES string of the molecule is Brc1c(Cc2ccsc2)cccc1Cc1ccsc1. The number of hydrogen-bond acceptors (Lipinski definition) is 2. The molecule has 0 N–H and O–H groups in total. The zero-order valence-corrected chi connectivity index (χ0v) is 13.5. The van der Waals surface area contributed by atoms with E-state index in [9.17, 15) is 0 Å². The van der Waals surface area contributed by atoms with Gasteiger partial charge in [0.25, 0.3) is 0 Å². The van der Waals surface area contributed by atoms with Crippen LogP contribution in [0.1, 0.15) is 22.3 Å². The maximum Gasteiger partial charge on any atom is 0.0246 e. The third kappa shape index (κ3) is 3.16. The molecule has 0 saturated heterocycles. The largest absolute Gasteiger partial charge is 0.152 e. The molecule has 0 bridgehead atoms. The van der Waals surface area contributed by atoms with Gasteiger partial charge in [-0.15, -0.1) is 0 Å². The van der Waals surface area contributed by atoms with Crippen molar-refractivity contribution in [3.8, 4) is 0 Å². The summed E-state index contributed by atoms with van der Waals surface area (Å²) in [7, 11) is 0. The molecule has 0 nitrogen and oxygen atoms in total. The summed E-state index contributed by atoms with van der Waals surface area (Å²) in [5, 5.41) is 8.72. The molecule has 0 aliphatic carbocycles. The fourth-order valence-corrected chi connectivity index (χ4v) is 4.01. The Morgan fingerprint density at radius 1 is 0.789 bits per heavy atom. The van der Waals surface area contributed by atoms with Crippen LogP contribution < -0.4 is 0 Å². The first kappa shape index (κ1) is 13.1. The predicted octanol–water partition coefficient (Wildman–Crippen LogP) is 5.75. The second-order valence-corrected chi connectivity index (χ2v) is 6.86. The van der Waals surface area contributed by atoms with Crippen molar-refractivity contribution in [1.82, 2.24) is 0 Å². The summed E-state index contributed by atoms with van der Waals surface area (Å²) in [5.74, 6) is 0. The van der Waals surface area contributed by atoms with Crippen molar-refractivity contribution in [2.24, 2.45) is 0 Å². The first-order valence-corrected chi connectivity index (χ1v) is 8.79. The summed E-state index contributed by atoms with van der Waals surface area (Å²) >= 11 is 7.30. The van der Waals surface area contributed by atoms with Crippen molar-refractivity contribution >= 4 is 38.6 Å². The third-order valence-corrected chi connectivity index (χ3v) is 5.59. The van der Waals surface area contributed by atoms with E-state index in [1.54, 1.807) is 22.7 Å². The first-order chi connectivity index (χ1) is 9.33. The molecule has 19 heavy (non-hydrogen) atoms.